The van der Waals surface area contributed by atoms with Gasteiger partial charge in [-0.2, -0.15) is 0 Å². The third kappa shape index (κ3) is 3.95. The van der Waals surface area contributed by atoms with Crippen LogP contribution in [-0.4, -0.2) is 49.7 Å². The molecule has 1 amide bonds. The summed E-state index contributed by atoms with van der Waals surface area (Å²) in [6.45, 7) is 4.50. The van der Waals surface area contributed by atoms with Gasteiger partial charge in [0.25, 0.3) is 0 Å². The molecule has 0 aromatic carbocycles. The summed E-state index contributed by atoms with van der Waals surface area (Å²) in [5, 5.41) is 3.06. The number of ether oxygens (including phenoxy) is 1. The summed E-state index contributed by atoms with van der Waals surface area (Å²) in [7, 11) is 2.09. The lowest BCUT2D eigenvalue weighted by atomic mass is 9.88. The lowest BCUT2D eigenvalue weighted by Gasteiger charge is -2.28. The van der Waals surface area contributed by atoms with Crippen molar-refractivity contribution in [2.45, 2.75) is 51.2 Å². The Kier molecular flexibility index (Phi) is 5.01. The van der Waals surface area contributed by atoms with Crippen LogP contribution in [0.4, 0.5) is 0 Å². The molecule has 2 aliphatic rings. The molecule has 2 fully saturated rings. The summed E-state index contributed by atoms with van der Waals surface area (Å²) in [4.78, 5) is 14.0. The van der Waals surface area contributed by atoms with Crippen molar-refractivity contribution in [3.63, 3.8) is 0 Å². The molecule has 2 rings (SSSR count). The largest absolute Gasteiger partial charge is 0.368 e. The molecule has 0 aromatic rings. The molecular formula is C14H26N2O2. The van der Waals surface area contributed by atoms with E-state index in [1.54, 1.807) is 0 Å². The predicted octanol–water partition coefficient (Wildman–Crippen LogP) is 1.40. The molecule has 1 saturated carbocycles. The minimum absolute atomic E-state index is 0.0491. The number of nitrogens with one attached hydrogen (secondary N) is 1. The molecule has 0 unspecified atom stereocenters. The van der Waals surface area contributed by atoms with Crippen molar-refractivity contribution in [2.24, 2.45) is 5.92 Å². The van der Waals surface area contributed by atoms with E-state index in [0.29, 0.717) is 12.0 Å². The summed E-state index contributed by atoms with van der Waals surface area (Å²) >= 11 is 0. The molecule has 1 N–H and O–H groups in total. The van der Waals surface area contributed by atoms with Gasteiger partial charge in [0.05, 0.1) is 6.10 Å². The van der Waals surface area contributed by atoms with E-state index in [0.717, 1.165) is 25.9 Å². The quantitative estimate of drug-likeness (QED) is 0.824. The first-order chi connectivity index (χ1) is 8.65. The van der Waals surface area contributed by atoms with Gasteiger partial charge in [0, 0.05) is 12.6 Å². The Hall–Kier alpha value is -0.610. The molecular weight excluding hydrogens is 228 g/mol. The van der Waals surface area contributed by atoms with E-state index in [4.69, 9.17) is 4.74 Å². The van der Waals surface area contributed by atoms with Gasteiger partial charge in [0.15, 0.2) is 0 Å². The number of hydrogen-bond donors (Lipinski definition) is 1. The van der Waals surface area contributed by atoms with E-state index < -0.39 is 0 Å². The highest BCUT2D eigenvalue weighted by Crippen LogP contribution is 2.26. The van der Waals surface area contributed by atoms with Crippen molar-refractivity contribution in [2.75, 3.05) is 26.7 Å². The molecule has 4 heteroatoms. The summed E-state index contributed by atoms with van der Waals surface area (Å²) in [6, 6.07) is 0.315. The second-order valence-corrected chi connectivity index (χ2v) is 5.93. The lowest BCUT2D eigenvalue weighted by Crippen LogP contribution is -2.40. The number of carbonyl (C=O) groups is 1. The Bertz CT molecular complexity index is 283. The zero-order chi connectivity index (χ0) is 13.0. The molecule has 104 valence electrons. The van der Waals surface area contributed by atoms with Crippen LogP contribution in [0.25, 0.3) is 0 Å². The van der Waals surface area contributed by atoms with Crippen molar-refractivity contribution < 1.29 is 9.53 Å². The standard InChI is InChI=1S/C14H26N2O2/c1-11-5-3-4-6-13(11)18-10-14(17)15-12-7-8-16(2)9-12/h11-13H,3-10H2,1-2H3,(H,15,17)/t11-,12+,13+/m1/s1. The zero-order valence-electron chi connectivity index (χ0n) is 11.7. The van der Waals surface area contributed by atoms with Crippen LogP contribution in [0.3, 0.4) is 0 Å². The first-order valence-electron chi connectivity index (χ1n) is 7.24. The molecule has 1 aliphatic heterocycles. The van der Waals surface area contributed by atoms with Crippen LogP contribution in [0.2, 0.25) is 0 Å². The van der Waals surface area contributed by atoms with Gasteiger partial charge in [0.2, 0.25) is 5.91 Å². The van der Waals surface area contributed by atoms with Crippen molar-refractivity contribution >= 4 is 5.91 Å². The van der Waals surface area contributed by atoms with Crippen LogP contribution < -0.4 is 5.32 Å². The van der Waals surface area contributed by atoms with Crippen LogP contribution in [0, 0.1) is 5.92 Å². The van der Waals surface area contributed by atoms with Crippen molar-refractivity contribution in [1.29, 1.82) is 0 Å². The number of carbonyl (C=O) groups excluding carboxylic acids is 1. The monoisotopic (exact) mass is 254 g/mol. The maximum Gasteiger partial charge on any atom is 0.246 e. The van der Waals surface area contributed by atoms with Gasteiger partial charge >= 0.3 is 0 Å². The van der Waals surface area contributed by atoms with Crippen LogP contribution >= 0.6 is 0 Å². The summed E-state index contributed by atoms with van der Waals surface area (Å²) in [6.07, 6.45) is 6.24. The SMILES string of the molecule is C[C@@H]1CCCC[C@@H]1OCC(=O)N[C@H]1CCN(C)C1. The van der Waals surface area contributed by atoms with Crippen LogP contribution in [0.15, 0.2) is 0 Å². The molecule has 1 aliphatic carbocycles. The summed E-state index contributed by atoms with van der Waals surface area (Å²) in [5.74, 6) is 0.650. The molecule has 3 atom stereocenters. The minimum atomic E-state index is 0.0491. The summed E-state index contributed by atoms with van der Waals surface area (Å²) in [5.41, 5.74) is 0. The van der Waals surface area contributed by atoms with Gasteiger partial charge in [-0.05, 0) is 38.8 Å². The lowest BCUT2D eigenvalue weighted by molar-refractivity contribution is -0.130. The molecule has 4 nitrogen and oxygen atoms in total. The van der Waals surface area contributed by atoms with Gasteiger partial charge in [-0.25, -0.2) is 0 Å². The number of likely N-dealkylation sites (tertiary alicyclic amines) is 1. The van der Waals surface area contributed by atoms with Gasteiger partial charge in [-0.3, -0.25) is 4.79 Å². The van der Waals surface area contributed by atoms with Gasteiger partial charge in [-0.15, -0.1) is 0 Å². The fraction of sp³-hybridized carbons (Fsp3) is 0.929. The van der Waals surface area contributed by atoms with Crippen molar-refractivity contribution in [3.8, 4) is 0 Å². The molecule has 0 bridgehead atoms. The van der Waals surface area contributed by atoms with Crippen LogP contribution in [-0.2, 0) is 9.53 Å². The average Bonchev–Trinajstić information content (AvgIpc) is 2.74. The fourth-order valence-electron chi connectivity index (χ4n) is 3.03. The van der Waals surface area contributed by atoms with Crippen molar-refractivity contribution in [3.05, 3.63) is 0 Å². The molecule has 1 saturated heterocycles. The van der Waals surface area contributed by atoms with Gasteiger partial charge in [0.1, 0.15) is 6.61 Å². The summed E-state index contributed by atoms with van der Waals surface area (Å²) < 4.78 is 5.77. The van der Waals surface area contributed by atoms with Gasteiger partial charge < -0.3 is 15.0 Å². The van der Waals surface area contributed by atoms with E-state index in [2.05, 4.69) is 24.2 Å². The fourth-order valence-corrected chi connectivity index (χ4v) is 3.03. The number of likely N-dealkylation sites (N-methyl/N-ethyl adjacent to an activating group) is 1. The maximum absolute atomic E-state index is 11.8. The molecule has 1 heterocycles. The third-order valence-electron chi connectivity index (χ3n) is 4.22. The van der Waals surface area contributed by atoms with E-state index in [-0.39, 0.29) is 18.6 Å². The highest BCUT2D eigenvalue weighted by Gasteiger charge is 2.24. The smallest absolute Gasteiger partial charge is 0.246 e. The number of amides is 1. The normalized spacial score (nSPS) is 33.6. The Morgan fingerprint density at radius 2 is 2.11 bits per heavy atom. The second kappa shape index (κ2) is 6.53. The number of rotatable bonds is 4. The Labute approximate surface area is 110 Å². The molecule has 0 aromatic heterocycles. The molecule has 18 heavy (non-hydrogen) atoms. The molecule has 0 spiro atoms. The second-order valence-electron chi connectivity index (χ2n) is 5.93. The first-order valence-corrected chi connectivity index (χ1v) is 7.24. The number of hydrogen-bond acceptors (Lipinski definition) is 3. The van der Waals surface area contributed by atoms with Crippen molar-refractivity contribution in [1.82, 2.24) is 10.2 Å². The Morgan fingerprint density at radius 3 is 2.78 bits per heavy atom. The Morgan fingerprint density at radius 1 is 1.33 bits per heavy atom. The minimum Gasteiger partial charge on any atom is -0.368 e. The average molecular weight is 254 g/mol. The Balaban J connectivity index is 1.65. The topological polar surface area (TPSA) is 41.6 Å². The van der Waals surface area contributed by atoms with Gasteiger partial charge in [-0.1, -0.05) is 19.8 Å². The highest BCUT2D eigenvalue weighted by atomic mass is 16.5. The number of nitrogens with zero attached hydrogens (tertiary/aromatic N) is 1. The van der Waals surface area contributed by atoms with E-state index in [1.165, 1.54) is 19.3 Å². The van der Waals surface area contributed by atoms with E-state index in [1.807, 2.05) is 0 Å². The zero-order valence-corrected chi connectivity index (χ0v) is 11.7. The highest BCUT2D eigenvalue weighted by molar-refractivity contribution is 5.77. The first kappa shape index (κ1) is 13.8. The van der Waals surface area contributed by atoms with Crippen LogP contribution in [0.5, 0.6) is 0 Å². The van der Waals surface area contributed by atoms with Crippen LogP contribution in [0.1, 0.15) is 39.0 Å². The third-order valence-corrected chi connectivity index (χ3v) is 4.22. The maximum atomic E-state index is 11.8. The molecule has 0 radical (unpaired) electrons. The van der Waals surface area contributed by atoms with E-state index >= 15 is 0 Å². The predicted molar refractivity (Wildman–Crippen MR) is 71.4 cm³/mol. The van der Waals surface area contributed by atoms with E-state index in [9.17, 15) is 4.79 Å².